The van der Waals surface area contributed by atoms with Crippen molar-refractivity contribution in [1.29, 1.82) is 0 Å². The monoisotopic (exact) mass is 323 g/mol. The number of nitrogens with one attached hydrogen (secondary N) is 1. The Morgan fingerprint density at radius 3 is 2.84 bits per heavy atom. The number of thiazole rings is 1. The average Bonchev–Trinajstić information content (AvgIpc) is 2.84. The second kappa shape index (κ2) is 7.79. The number of aromatic nitrogens is 1. The van der Waals surface area contributed by atoms with Gasteiger partial charge in [0.2, 0.25) is 0 Å². The summed E-state index contributed by atoms with van der Waals surface area (Å²) in [5.74, 6) is 0. The van der Waals surface area contributed by atoms with Gasteiger partial charge in [-0.1, -0.05) is 0 Å². The average molecular weight is 324 g/mol. The van der Waals surface area contributed by atoms with Crippen LogP contribution < -0.4 is 5.32 Å². The van der Waals surface area contributed by atoms with Crippen LogP contribution in [0.15, 0.2) is 5.51 Å². The zero-order chi connectivity index (χ0) is 11.7. The van der Waals surface area contributed by atoms with E-state index in [2.05, 4.69) is 22.1 Å². The minimum atomic E-state index is 0. The molecule has 110 valence electrons. The van der Waals surface area contributed by atoms with E-state index >= 15 is 0 Å². The highest BCUT2D eigenvalue weighted by molar-refractivity contribution is 7.09. The molecule has 0 radical (unpaired) electrons. The van der Waals surface area contributed by atoms with Gasteiger partial charge < -0.3 is 10.2 Å². The molecule has 1 N–H and O–H groups in total. The van der Waals surface area contributed by atoms with E-state index in [4.69, 9.17) is 0 Å². The molecule has 2 saturated heterocycles. The lowest BCUT2D eigenvalue weighted by Crippen LogP contribution is -2.36. The normalized spacial score (nSPS) is 26.4. The Labute approximate surface area is 132 Å². The van der Waals surface area contributed by atoms with Gasteiger partial charge in [0.1, 0.15) is 0 Å². The third-order valence-corrected chi connectivity index (χ3v) is 5.10. The fraction of sp³-hybridized carbons (Fsp3) is 0.769. The first kappa shape index (κ1) is 17.2. The van der Waals surface area contributed by atoms with E-state index in [0.717, 1.165) is 12.1 Å². The molecule has 0 saturated carbocycles. The molecule has 1 aromatic heterocycles. The van der Waals surface area contributed by atoms with E-state index in [9.17, 15) is 0 Å². The molecule has 1 aromatic rings. The lowest BCUT2D eigenvalue weighted by Gasteiger charge is -2.23. The Morgan fingerprint density at radius 2 is 2.11 bits per heavy atom. The molecule has 0 aromatic carbocycles. The van der Waals surface area contributed by atoms with Gasteiger partial charge in [-0.05, 0) is 39.2 Å². The van der Waals surface area contributed by atoms with Crippen LogP contribution >= 0.6 is 36.2 Å². The first-order valence-electron chi connectivity index (χ1n) is 6.68. The third-order valence-electron chi connectivity index (χ3n) is 4.11. The maximum absolute atomic E-state index is 4.32. The maximum Gasteiger partial charge on any atom is 0.0797 e. The molecule has 0 spiro atoms. The summed E-state index contributed by atoms with van der Waals surface area (Å²) in [5.41, 5.74) is 3.20. The van der Waals surface area contributed by atoms with E-state index in [1.807, 2.05) is 5.51 Å². The fourth-order valence-electron chi connectivity index (χ4n) is 3.04. The van der Waals surface area contributed by atoms with Crippen LogP contribution in [0.5, 0.6) is 0 Å². The van der Waals surface area contributed by atoms with Crippen molar-refractivity contribution in [3.63, 3.8) is 0 Å². The van der Waals surface area contributed by atoms with E-state index in [1.54, 1.807) is 11.3 Å². The highest BCUT2D eigenvalue weighted by Crippen LogP contribution is 2.21. The number of aryl methyl sites for hydroxylation is 1. The number of halogens is 2. The van der Waals surface area contributed by atoms with Gasteiger partial charge in [-0.3, -0.25) is 0 Å². The van der Waals surface area contributed by atoms with Crippen molar-refractivity contribution in [2.75, 3.05) is 19.6 Å². The Morgan fingerprint density at radius 1 is 1.32 bits per heavy atom. The molecule has 3 rings (SSSR count). The first-order chi connectivity index (χ1) is 8.31. The quantitative estimate of drug-likeness (QED) is 0.926. The number of likely N-dealkylation sites (tertiary alicyclic amines) is 1. The van der Waals surface area contributed by atoms with Crippen LogP contribution in [-0.2, 0) is 6.42 Å². The SMILES string of the molecule is Cc1ncsc1CCN1CCC2CCC(C1)N2.Cl.Cl. The Bertz CT molecular complexity index is 386. The highest BCUT2D eigenvalue weighted by Gasteiger charge is 2.28. The number of rotatable bonds is 3. The second-order valence-corrected chi connectivity index (χ2v) is 6.28. The van der Waals surface area contributed by atoms with E-state index in [1.165, 1.54) is 55.9 Å². The lowest BCUT2D eigenvalue weighted by molar-refractivity contribution is 0.262. The van der Waals surface area contributed by atoms with Gasteiger partial charge in [-0.15, -0.1) is 36.2 Å². The zero-order valence-electron chi connectivity index (χ0n) is 11.3. The molecule has 3 heterocycles. The van der Waals surface area contributed by atoms with Crippen LogP contribution in [-0.4, -0.2) is 41.6 Å². The molecular weight excluding hydrogens is 301 g/mol. The maximum atomic E-state index is 4.32. The summed E-state index contributed by atoms with van der Waals surface area (Å²) in [5, 5.41) is 3.74. The predicted molar refractivity (Wildman–Crippen MR) is 86.1 cm³/mol. The van der Waals surface area contributed by atoms with E-state index < -0.39 is 0 Å². The molecular formula is C13H23Cl2N3S. The molecule has 2 atom stereocenters. The first-order valence-corrected chi connectivity index (χ1v) is 7.56. The molecule has 0 amide bonds. The van der Waals surface area contributed by atoms with Crippen LogP contribution in [0.25, 0.3) is 0 Å². The standard InChI is InChI=1S/C13H21N3S.2ClH/c1-10-13(17-9-14-10)5-7-16-6-4-11-2-3-12(8-16)15-11;;/h9,11-12,15H,2-8H2,1H3;2*1H. The van der Waals surface area contributed by atoms with Gasteiger partial charge in [-0.2, -0.15) is 0 Å². The Kier molecular flexibility index (Phi) is 7.05. The summed E-state index contributed by atoms with van der Waals surface area (Å²) >= 11 is 1.81. The number of hydrogen-bond donors (Lipinski definition) is 1. The second-order valence-electron chi connectivity index (χ2n) is 5.34. The summed E-state index contributed by atoms with van der Waals surface area (Å²) in [7, 11) is 0. The van der Waals surface area contributed by atoms with Crippen molar-refractivity contribution in [2.24, 2.45) is 0 Å². The smallest absolute Gasteiger partial charge is 0.0797 e. The molecule has 19 heavy (non-hydrogen) atoms. The summed E-state index contributed by atoms with van der Waals surface area (Å²) in [6, 6.07) is 1.56. The van der Waals surface area contributed by atoms with Crippen LogP contribution in [0.3, 0.4) is 0 Å². The number of nitrogens with zero attached hydrogens (tertiary/aromatic N) is 2. The third kappa shape index (κ3) is 4.30. The van der Waals surface area contributed by atoms with Gasteiger partial charge in [0.05, 0.1) is 11.2 Å². The molecule has 3 nitrogen and oxygen atoms in total. The topological polar surface area (TPSA) is 28.2 Å². The lowest BCUT2D eigenvalue weighted by atomic mass is 10.1. The molecule has 6 heteroatoms. The van der Waals surface area contributed by atoms with Crippen molar-refractivity contribution in [3.8, 4) is 0 Å². The minimum Gasteiger partial charge on any atom is -0.310 e. The summed E-state index contributed by atoms with van der Waals surface area (Å²) in [6.07, 6.45) is 5.28. The highest BCUT2D eigenvalue weighted by atomic mass is 35.5. The van der Waals surface area contributed by atoms with Crippen LogP contribution in [0.4, 0.5) is 0 Å². The summed E-state index contributed by atoms with van der Waals surface area (Å²) in [4.78, 5) is 8.42. The molecule has 2 aliphatic heterocycles. The van der Waals surface area contributed by atoms with E-state index in [0.29, 0.717) is 0 Å². The van der Waals surface area contributed by atoms with Crippen molar-refractivity contribution < 1.29 is 0 Å². The zero-order valence-corrected chi connectivity index (χ0v) is 13.8. The number of fused-ring (bicyclic) bond motifs is 2. The van der Waals surface area contributed by atoms with Crippen molar-refractivity contribution in [3.05, 3.63) is 16.1 Å². The Hall–Kier alpha value is 0.130. The Balaban J connectivity index is 0.000000902. The molecule has 2 aliphatic rings. The van der Waals surface area contributed by atoms with Gasteiger partial charge in [-0.25, -0.2) is 4.98 Å². The predicted octanol–water partition coefficient (Wildman–Crippen LogP) is 2.66. The molecule has 0 aliphatic carbocycles. The largest absolute Gasteiger partial charge is 0.310 e. The fourth-order valence-corrected chi connectivity index (χ4v) is 3.81. The van der Waals surface area contributed by atoms with E-state index in [-0.39, 0.29) is 24.8 Å². The van der Waals surface area contributed by atoms with Gasteiger partial charge in [0.25, 0.3) is 0 Å². The van der Waals surface area contributed by atoms with Crippen LogP contribution in [0, 0.1) is 6.92 Å². The minimum absolute atomic E-state index is 0. The van der Waals surface area contributed by atoms with Gasteiger partial charge in [0.15, 0.2) is 0 Å². The van der Waals surface area contributed by atoms with Crippen molar-refractivity contribution in [2.45, 2.75) is 44.7 Å². The molecule has 2 unspecified atom stereocenters. The summed E-state index contributed by atoms with van der Waals surface area (Å²) < 4.78 is 0. The molecule has 2 fully saturated rings. The van der Waals surface area contributed by atoms with Crippen LogP contribution in [0.1, 0.15) is 29.8 Å². The van der Waals surface area contributed by atoms with Crippen LogP contribution in [0.2, 0.25) is 0 Å². The van der Waals surface area contributed by atoms with Gasteiger partial charge >= 0.3 is 0 Å². The van der Waals surface area contributed by atoms with Crippen molar-refractivity contribution >= 4 is 36.2 Å². The number of hydrogen-bond acceptors (Lipinski definition) is 4. The van der Waals surface area contributed by atoms with Crippen molar-refractivity contribution in [1.82, 2.24) is 15.2 Å². The molecule has 2 bridgehead atoms. The van der Waals surface area contributed by atoms with Gasteiger partial charge in [0, 0.05) is 30.1 Å². The summed E-state index contributed by atoms with van der Waals surface area (Å²) in [6.45, 7) is 5.84.